The Bertz CT molecular complexity index is 322. The van der Waals surface area contributed by atoms with Crippen LogP contribution in [0.25, 0.3) is 0 Å². The normalized spacial score (nSPS) is 14.5. The molecule has 1 N–H and O–H groups in total. The van der Waals surface area contributed by atoms with E-state index in [1.54, 1.807) is 6.08 Å². The Kier molecular flexibility index (Phi) is 8.58. The predicted octanol–water partition coefficient (Wildman–Crippen LogP) is 5.34. The van der Waals surface area contributed by atoms with E-state index >= 15 is 0 Å². The summed E-state index contributed by atoms with van der Waals surface area (Å²) < 4.78 is 42.9. The number of allylic oxidation sites excluding steroid dienone is 2. The van der Waals surface area contributed by atoms with Gasteiger partial charge in [0.2, 0.25) is 0 Å². The summed E-state index contributed by atoms with van der Waals surface area (Å²) in [6, 6.07) is 0. The molecule has 0 amide bonds. The first-order chi connectivity index (χ1) is 9.20. The summed E-state index contributed by atoms with van der Waals surface area (Å²) in [7, 11) is 0. The Hall–Kier alpha value is -1.00. The van der Waals surface area contributed by atoms with E-state index in [4.69, 9.17) is 10.1 Å². The summed E-state index contributed by atoms with van der Waals surface area (Å²) in [5, 5.41) is 7.13. The van der Waals surface area contributed by atoms with Gasteiger partial charge in [-0.05, 0) is 24.3 Å². The monoisotopic (exact) mass is 293 g/mol. The van der Waals surface area contributed by atoms with E-state index < -0.39 is 11.9 Å². The van der Waals surface area contributed by atoms with Gasteiger partial charge >= 0.3 is 6.18 Å². The van der Waals surface area contributed by atoms with E-state index in [1.165, 1.54) is 0 Å². The lowest BCUT2D eigenvalue weighted by atomic mass is 9.95. The number of nitrogens with one attached hydrogen (secondary N) is 1. The average molecular weight is 293 g/mol. The van der Waals surface area contributed by atoms with E-state index in [1.807, 2.05) is 27.7 Å². The molecule has 0 radical (unpaired) electrons. The van der Waals surface area contributed by atoms with Crippen LogP contribution in [0.5, 0.6) is 0 Å². The van der Waals surface area contributed by atoms with Gasteiger partial charge in [0, 0.05) is 12.8 Å². The second-order valence-corrected chi connectivity index (χ2v) is 5.42. The van der Waals surface area contributed by atoms with Crippen LogP contribution in [0.2, 0.25) is 0 Å². The van der Waals surface area contributed by atoms with Gasteiger partial charge in [-0.3, -0.25) is 0 Å². The van der Waals surface area contributed by atoms with E-state index in [9.17, 15) is 13.2 Å². The lowest BCUT2D eigenvalue weighted by Crippen LogP contribution is -2.24. The SMILES string of the molecule is CCCC(/C=C(\CC)OCC(C)C)CC(=N)C(F)(F)F. The number of halogens is 3. The largest absolute Gasteiger partial charge is 0.498 e. The standard InChI is InChI=1S/C15H26F3NO/c1-5-7-12(9-14(19)15(16,17)18)8-13(6-2)20-10-11(3)4/h8,11-12,19H,5-7,9-10H2,1-4H3/b13-8+,19-14?. The highest BCUT2D eigenvalue weighted by molar-refractivity contribution is 5.87. The average Bonchev–Trinajstić information content (AvgIpc) is 2.32. The van der Waals surface area contributed by atoms with Crippen LogP contribution in [-0.2, 0) is 4.74 Å². The molecule has 20 heavy (non-hydrogen) atoms. The van der Waals surface area contributed by atoms with Crippen LogP contribution >= 0.6 is 0 Å². The molecule has 2 nitrogen and oxygen atoms in total. The van der Waals surface area contributed by atoms with E-state index in [0.29, 0.717) is 25.4 Å². The Morgan fingerprint density at radius 2 is 1.85 bits per heavy atom. The Labute approximate surface area is 119 Å². The summed E-state index contributed by atoms with van der Waals surface area (Å²) in [5.41, 5.74) is -1.16. The molecule has 0 bridgehead atoms. The molecular weight excluding hydrogens is 267 g/mol. The maximum atomic E-state index is 12.4. The minimum absolute atomic E-state index is 0.272. The third-order valence-electron chi connectivity index (χ3n) is 2.84. The van der Waals surface area contributed by atoms with Crippen LogP contribution in [-0.4, -0.2) is 18.5 Å². The highest BCUT2D eigenvalue weighted by Gasteiger charge is 2.34. The van der Waals surface area contributed by atoms with Crippen molar-refractivity contribution in [2.24, 2.45) is 11.8 Å². The molecule has 0 spiro atoms. The van der Waals surface area contributed by atoms with E-state index in [0.717, 1.165) is 12.2 Å². The maximum Gasteiger partial charge on any atom is 0.428 e. The smallest absolute Gasteiger partial charge is 0.428 e. The van der Waals surface area contributed by atoms with Crippen molar-refractivity contribution < 1.29 is 17.9 Å². The summed E-state index contributed by atoms with van der Waals surface area (Å²) in [6.45, 7) is 8.46. The minimum Gasteiger partial charge on any atom is -0.498 e. The highest BCUT2D eigenvalue weighted by Crippen LogP contribution is 2.25. The summed E-state index contributed by atoms with van der Waals surface area (Å²) in [5.74, 6) is 0.825. The van der Waals surface area contributed by atoms with Gasteiger partial charge in [0.15, 0.2) is 0 Å². The summed E-state index contributed by atoms with van der Waals surface area (Å²) in [6.07, 6.45) is -0.949. The van der Waals surface area contributed by atoms with Crippen molar-refractivity contribution in [3.63, 3.8) is 0 Å². The van der Waals surface area contributed by atoms with Gasteiger partial charge in [0.05, 0.1) is 12.4 Å². The van der Waals surface area contributed by atoms with Crippen molar-refractivity contribution in [3.8, 4) is 0 Å². The molecule has 0 aliphatic heterocycles. The lowest BCUT2D eigenvalue weighted by Gasteiger charge is -2.17. The molecule has 0 aromatic carbocycles. The zero-order valence-corrected chi connectivity index (χ0v) is 12.8. The molecule has 0 heterocycles. The van der Waals surface area contributed by atoms with Crippen LogP contribution in [0.1, 0.15) is 53.4 Å². The van der Waals surface area contributed by atoms with Gasteiger partial charge in [-0.25, -0.2) is 0 Å². The molecule has 0 rings (SSSR count). The second kappa shape index (κ2) is 9.03. The van der Waals surface area contributed by atoms with Gasteiger partial charge < -0.3 is 10.1 Å². The molecule has 0 fully saturated rings. The molecular formula is C15H26F3NO. The van der Waals surface area contributed by atoms with Crippen LogP contribution < -0.4 is 0 Å². The first kappa shape index (κ1) is 19.0. The Morgan fingerprint density at radius 3 is 2.25 bits per heavy atom. The quantitative estimate of drug-likeness (QED) is 0.451. The van der Waals surface area contributed by atoms with Gasteiger partial charge in [-0.2, -0.15) is 13.2 Å². The fourth-order valence-corrected chi connectivity index (χ4v) is 1.80. The fourth-order valence-electron chi connectivity index (χ4n) is 1.80. The molecule has 0 aromatic rings. The number of hydrogen-bond acceptors (Lipinski definition) is 2. The van der Waals surface area contributed by atoms with Gasteiger partial charge in [0.1, 0.15) is 5.71 Å². The molecule has 5 heteroatoms. The van der Waals surface area contributed by atoms with Crippen molar-refractivity contribution in [2.45, 2.75) is 59.6 Å². The lowest BCUT2D eigenvalue weighted by molar-refractivity contribution is -0.0618. The van der Waals surface area contributed by atoms with E-state index in [2.05, 4.69) is 0 Å². The highest BCUT2D eigenvalue weighted by atomic mass is 19.4. The minimum atomic E-state index is -4.52. The number of ether oxygens (including phenoxy) is 1. The fraction of sp³-hybridized carbons (Fsp3) is 0.800. The van der Waals surface area contributed by atoms with E-state index in [-0.39, 0.29) is 12.3 Å². The molecule has 1 atom stereocenters. The first-order valence-electron chi connectivity index (χ1n) is 7.18. The Balaban J connectivity index is 4.75. The molecule has 0 aromatic heterocycles. The number of hydrogen-bond donors (Lipinski definition) is 1. The predicted molar refractivity (Wildman–Crippen MR) is 76.0 cm³/mol. The summed E-state index contributed by atoms with van der Waals surface area (Å²) in [4.78, 5) is 0. The van der Waals surface area contributed by atoms with Crippen LogP contribution in [0, 0.1) is 17.2 Å². The van der Waals surface area contributed by atoms with Gasteiger partial charge in [-0.1, -0.05) is 34.1 Å². The third kappa shape index (κ3) is 8.23. The number of alkyl halides is 3. The molecule has 0 saturated carbocycles. The first-order valence-corrected chi connectivity index (χ1v) is 7.18. The maximum absolute atomic E-state index is 12.4. The number of rotatable bonds is 9. The van der Waals surface area contributed by atoms with Crippen molar-refractivity contribution in [2.75, 3.05) is 6.61 Å². The third-order valence-corrected chi connectivity index (χ3v) is 2.84. The topological polar surface area (TPSA) is 33.1 Å². The molecule has 0 aliphatic carbocycles. The molecule has 0 saturated heterocycles. The van der Waals surface area contributed by atoms with Crippen molar-refractivity contribution in [1.82, 2.24) is 0 Å². The van der Waals surface area contributed by atoms with Crippen molar-refractivity contribution in [1.29, 1.82) is 5.41 Å². The molecule has 0 aliphatic rings. The van der Waals surface area contributed by atoms with Crippen molar-refractivity contribution in [3.05, 3.63) is 11.8 Å². The Morgan fingerprint density at radius 1 is 1.25 bits per heavy atom. The zero-order valence-electron chi connectivity index (χ0n) is 12.8. The zero-order chi connectivity index (χ0) is 15.8. The van der Waals surface area contributed by atoms with Crippen molar-refractivity contribution >= 4 is 5.71 Å². The molecule has 1 unspecified atom stereocenters. The van der Waals surface area contributed by atoms with Crippen LogP contribution in [0.4, 0.5) is 13.2 Å². The van der Waals surface area contributed by atoms with Crippen LogP contribution in [0.15, 0.2) is 11.8 Å². The summed E-state index contributed by atoms with van der Waals surface area (Å²) >= 11 is 0. The molecule has 118 valence electrons. The van der Waals surface area contributed by atoms with Crippen LogP contribution in [0.3, 0.4) is 0 Å². The van der Waals surface area contributed by atoms with Gasteiger partial charge in [-0.15, -0.1) is 0 Å². The second-order valence-electron chi connectivity index (χ2n) is 5.42. The van der Waals surface area contributed by atoms with Gasteiger partial charge in [0.25, 0.3) is 0 Å².